The fourth-order valence-electron chi connectivity index (χ4n) is 0.639. The Kier molecular flexibility index (Phi) is 3.20. The summed E-state index contributed by atoms with van der Waals surface area (Å²) in [5.41, 5.74) is 3.21. The van der Waals surface area contributed by atoms with Crippen LogP contribution in [0.1, 0.15) is 34.6 Å². The highest BCUT2D eigenvalue weighted by atomic mass is 16.3. The molecular formula is C9H15O-. The van der Waals surface area contributed by atoms with E-state index in [4.69, 9.17) is 0 Å². The summed E-state index contributed by atoms with van der Waals surface area (Å²) in [6.07, 6.45) is 0. The molecule has 0 spiro atoms. The van der Waals surface area contributed by atoms with E-state index in [1.54, 1.807) is 6.92 Å². The molecule has 0 amide bonds. The lowest BCUT2D eigenvalue weighted by molar-refractivity contribution is -0.303. The highest BCUT2D eigenvalue weighted by Crippen LogP contribution is 2.14. The molecule has 0 N–H and O–H groups in total. The molecule has 1 heteroatoms. The van der Waals surface area contributed by atoms with Crippen LogP contribution >= 0.6 is 0 Å². The maximum atomic E-state index is 10.8. The molecule has 0 aliphatic rings. The topological polar surface area (TPSA) is 23.1 Å². The van der Waals surface area contributed by atoms with Crippen molar-refractivity contribution in [1.29, 1.82) is 0 Å². The molecule has 0 radical (unpaired) electrons. The van der Waals surface area contributed by atoms with Crippen LogP contribution in [-0.2, 0) is 0 Å². The molecule has 0 unspecified atom stereocenters. The molecule has 10 heavy (non-hydrogen) atoms. The molecule has 0 aromatic carbocycles. The Morgan fingerprint density at radius 3 is 1.30 bits per heavy atom. The Labute approximate surface area is 63.1 Å². The van der Waals surface area contributed by atoms with E-state index in [1.807, 2.05) is 27.7 Å². The molecule has 0 saturated heterocycles. The van der Waals surface area contributed by atoms with Crippen molar-refractivity contribution < 1.29 is 5.11 Å². The van der Waals surface area contributed by atoms with Gasteiger partial charge in [-0.25, -0.2) is 0 Å². The average molecular weight is 139 g/mol. The van der Waals surface area contributed by atoms with Gasteiger partial charge >= 0.3 is 0 Å². The van der Waals surface area contributed by atoms with Gasteiger partial charge in [0, 0.05) is 0 Å². The molecule has 0 aromatic rings. The first-order chi connectivity index (χ1) is 4.46. The van der Waals surface area contributed by atoms with Crippen LogP contribution in [0.25, 0.3) is 0 Å². The van der Waals surface area contributed by atoms with Gasteiger partial charge in [0.2, 0.25) is 0 Å². The fourth-order valence-corrected chi connectivity index (χ4v) is 0.639. The van der Waals surface area contributed by atoms with Crippen molar-refractivity contribution in [2.24, 2.45) is 0 Å². The lowest BCUT2D eigenvalue weighted by atomic mass is 10.0. The number of allylic oxidation sites excluding steroid dienone is 4. The molecule has 0 heterocycles. The van der Waals surface area contributed by atoms with Gasteiger partial charge in [-0.15, -0.1) is 5.76 Å². The minimum Gasteiger partial charge on any atom is -0.875 e. The van der Waals surface area contributed by atoms with Crippen molar-refractivity contribution in [3.05, 3.63) is 22.5 Å². The second kappa shape index (κ2) is 3.45. The molecule has 0 aliphatic carbocycles. The van der Waals surface area contributed by atoms with Crippen LogP contribution < -0.4 is 5.11 Å². The molecule has 0 aromatic heterocycles. The Morgan fingerprint density at radius 2 is 1.20 bits per heavy atom. The van der Waals surface area contributed by atoms with Crippen molar-refractivity contribution in [2.75, 3.05) is 0 Å². The van der Waals surface area contributed by atoms with E-state index < -0.39 is 0 Å². The van der Waals surface area contributed by atoms with E-state index >= 15 is 0 Å². The summed E-state index contributed by atoms with van der Waals surface area (Å²) in [5, 5.41) is 10.8. The first-order valence-corrected chi connectivity index (χ1v) is 3.45. The van der Waals surface area contributed by atoms with Gasteiger partial charge in [0.15, 0.2) is 0 Å². The lowest BCUT2D eigenvalue weighted by Crippen LogP contribution is -2.02. The predicted molar refractivity (Wildman–Crippen MR) is 42.4 cm³/mol. The van der Waals surface area contributed by atoms with Gasteiger partial charge in [-0.05, 0) is 27.7 Å². The fraction of sp³-hybridized carbons (Fsp3) is 0.556. The van der Waals surface area contributed by atoms with Crippen molar-refractivity contribution in [3.8, 4) is 0 Å². The molecule has 0 atom stereocenters. The smallest absolute Gasteiger partial charge is 0.0396 e. The van der Waals surface area contributed by atoms with Crippen LogP contribution in [-0.4, -0.2) is 0 Å². The summed E-state index contributed by atoms with van der Waals surface area (Å²) in [6, 6.07) is 0. The zero-order chi connectivity index (χ0) is 8.31. The van der Waals surface area contributed by atoms with E-state index in [0.717, 1.165) is 11.1 Å². The molecule has 58 valence electrons. The van der Waals surface area contributed by atoms with E-state index in [-0.39, 0.29) is 5.76 Å². The zero-order valence-corrected chi connectivity index (χ0v) is 7.41. The monoisotopic (exact) mass is 139 g/mol. The van der Waals surface area contributed by atoms with Gasteiger partial charge in [-0.2, -0.15) is 0 Å². The second-order valence-corrected chi connectivity index (χ2v) is 2.81. The predicted octanol–water partition coefficient (Wildman–Crippen LogP) is 2.00. The third kappa shape index (κ3) is 2.26. The third-order valence-corrected chi connectivity index (χ3v) is 1.84. The van der Waals surface area contributed by atoms with Crippen LogP contribution in [0.3, 0.4) is 0 Å². The highest BCUT2D eigenvalue weighted by Gasteiger charge is 1.93. The summed E-state index contributed by atoms with van der Waals surface area (Å²) in [4.78, 5) is 0. The molecular weight excluding hydrogens is 124 g/mol. The minimum atomic E-state index is 0.165. The quantitative estimate of drug-likeness (QED) is 0.402. The third-order valence-electron chi connectivity index (χ3n) is 1.84. The van der Waals surface area contributed by atoms with Crippen LogP contribution in [0, 0.1) is 0 Å². The normalized spacial score (nSPS) is 12.5. The Bertz CT molecular complexity index is 155. The summed E-state index contributed by atoms with van der Waals surface area (Å²) < 4.78 is 0. The first kappa shape index (κ1) is 9.28. The molecule has 0 saturated carbocycles. The number of rotatable bonds is 1. The van der Waals surface area contributed by atoms with Crippen LogP contribution in [0.15, 0.2) is 22.5 Å². The maximum Gasteiger partial charge on any atom is -0.0396 e. The summed E-state index contributed by atoms with van der Waals surface area (Å²) in [7, 11) is 0. The Balaban J connectivity index is 4.71. The Hall–Kier alpha value is -0.720. The van der Waals surface area contributed by atoms with Crippen molar-refractivity contribution in [3.63, 3.8) is 0 Å². The van der Waals surface area contributed by atoms with Gasteiger partial charge in [0.25, 0.3) is 0 Å². The van der Waals surface area contributed by atoms with Crippen LogP contribution in [0.4, 0.5) is 0 Å². The van der Waals surface area contributed by atoms with Gasteiger partial charge in [0.1, 0.15) is 0 Å². The summed E-state index contributed by atoms with van der Waals surface area (Å²) >= 11 is 0. The van der Waals surface area contributed by atoms with E-state index in [9.17, 15) is 5.11 Å². The van der Waals surface area contributed by atoms with E-state index in [1.165, 1.54) is 5.57 Å². The largest absolute Gasteiger partial charge is 0.875 e. The van der Waals surface area contributed by atoms with Crippen molar-refractivity contribution in [2.45, 2.75) is 34.6 Å². The number of hydrogen-bond acceptors (Lipinski definition) is 1. The first-order valence-electron chi connectivity index (χ1n) is 3.45. The molecule has 0 bridgehead atoms. The number of hydrogen-bond donors (Lipinski definition) is 0. The molecule has 0 aliphatic heterocycles. The minimum absolute atomic E-state index is 0.165. The summed E-state index contributed by atoms with van der Waals surface area (Å²) in [6.45, 7) is 9.47. The van der Waals surface area contributed by atoms with Crippen molar-refractivity contribution >= 4 is 0 Å². The maximum absolute atomic E-state index is 10.8. The molecule has 0 rings (SSSR count). The van der Waals surface area contributed by atoms with Crippen LogP contribution in [0.2, 0.25) is 0 Å². The Morgan fingerprint density at radius 1 is 0.800 bits per heavy atom. The van der Waals surface area contributed by atoms with Crippen LogP contribution in [0.5, 0.6) is 0 Å². The van der Waals surface area contributed by atoms with E-state index in [0.29, 0.717) is 0 Å². The van der Waals surface area contributed by atoms with Crippen molar-refractivity contribution in [1.82, 2.24) is 0 Å². The molecule has 0 fully saturated rings. The lowest BCUT2D eigenvalue weighted by Gasteiger charge is -2.12. The van der Waals surface area contributed by atoms with Gasteiger partial charge < -0.3 is 5.11 Å². The summed E-state index contributed by atoms with van der Waals surface area (Å²) in [5.74, 6) is 0.165. The van der Waals surface area contributed by atoms with Gasteiger partial charge in [-0.3, -0.25) is 0 Å². The molecule has 1 nitrogen and oxygen atoms in total. The SMILES string of the molecule is CC(C)=C(C)/C(C)=C(/C)[O-]. The second-order valence-electron chi connectivity index (χ2n) is 2.81. The van der Waals surface area contributed by atoms with Gasteiger partial charge in [-0.1, -0.05) is 23.6 Å². The highest BCUT2D eigenvalue weighted by molar-refractivity contribution is 5.31. The zero-order valence-electron chi connectivity index (χ0n) is 7.41. The van der Waals surface area contributed by atoms with Gasteiger partial charge in [0.05, 0.1) is 0 Å². The average Bonchev–Trinajstić information content (AvgIpc) is 1.84. The standard InChI is InChI=1S/C9H16O/c1-6(2)7(3)8(4)9(5)10/h10H,1-5H3/p-1/b9-8-. The van der Waals surface area contributed by atoms with E-state index in [2.05, 4.69) is 0 Å².